The fraction of sp³-hybridized carbons (Fsp3) is 0.500. The number of aliphatic hydroxyl groups excluding tert-OH is 1. The second-order valence-corrected chi connectivity index (χ2v) is 4.58. The zero-order valence-corrected chi connectivity index (χ0v) is 11.5. The van der Waals surface area contributed by atoms with Crippen LogP contribution in [0.1, 0.15) is 18.4 Å². The molecule has 5 heteroatoms. The van der Waals surface area contributed by atoms with E-state index < -0.39 is 6.10 Å². The van der Waals surface area contributed by atoms with E-state index in [1.54, 1.807) is 19.1 Å². The monoisotopic (exact) mass is 269 g/mol. The Morgan fingerprint density at radius 1 is 1.53 bits per heavy atom. The summed E-state index contributed by atoms with van der Waals surface area (Å²) in [7, 11) is 3.14. The molecule has 1 atom stereocenters. The maximum absolute atomic E-state index is 13.2. The molecule has 0 bridgehead atoms. The molecule has 0 spiro atoms. The van der Waals surface area contributed by atoms with Crippen LogP contribution in [0.5, 0.6) is 0 Å². The molecule has 1 unspecified atom stereocenters. The van der Waals surface area contributed by atoms with Crippen molar-refractivity contribution in [1.82, 2.24) is 0 Å². The molecular formula is C14H20FNO3. The largest absolute Gasteiger partial charge is 0.469 e. The van der Waals surface area contributed by atoms with Gasteiger partial charge in [-0.1, -0.05) is 0 Å². The maximum atomic E-state index is 13.2. The van der Waals surface area contributed by atoms with Crippen LogP contribution >= 0.6 is 0 Å². The van der Waals surface area contributed by atoms with Gasteiger partial charge in [-0.3, -0.25) is 4.79 Å². The lowest BCUT2D eigenvalue weighted by atomic mass is 10.1. The fourth-order valence-corrected chi connectivity index (χ4v) is 1.77. The molecule has 0 amide bonds. The molecule has 0 saturated heterocycles. The fourth-order valence-electron chi connectivity index (χ4n) is 1.77. The van der Waals surface area contributed by atoms with Crippen molar-refractivity contribution in [3.05, 3.63) is 29.6 Å². The van der Waals surface area contributed by atoms with Gasteiger partial charge in [-0.25, -0.2) is 4.39 Å². The molecule has 1 aromatic rings. The minimum atomic E-state index is -0.630. The molecule has 0 radical (unpaired) electrons. The van der Waals surface area contributed by atoms with Gasteiger partial charge in [-0.2, -0.15) is 0 Å². The average Bonchev–Trinajstić information content (AvgIpc) is 2.38. The van der Waals surface area contributed by atoms with Crippen molar-refractivity contribution in [1.29, 1.82) is 0 Å². The summed E-state index contributed by atoms with van der Waals surface area (Å²) in [6.07, 6.45) is -0.0973. The van der Waals surface area contributed by atoms with Gasteiger partial charge in [0.25, 0.3) is 0 Å². The van der Waals surface area contributed by atoms with Crippen LogP contribution in [0, 0.1) is 12.7 Å². The third-order valence-electron chi connectivity index (χ3n) is 2.98. The molecule has 1 N–H and O–H groups in total. The van der Waals surface area contributed by atoms with Crippen LogP contribution in [-0.2, 0) is 9.53 Å². The highest BCUT2D eigenvalue weighted by Crippen LogP contribution is 2.17. The number of aliphatic hydroxyl groups is 1. The van der Waals surface area contributed by atoms with E-state index in [1.165, 1.54) is 13.2 Å². The zero-order chi connectivity index (χ0) is 14.4. The predicted molar refractivity (Wildman–Crippen MR) is 71.7 cm³/mol. The molecule has 1 aromatic carbocycles. The van der Waals surface area contributed by atoms with E-state index in [-0.39, 0.29) is 18.2 Å². The molecule has 0 aliphatic carbocycles. The number of hydrogen-bond donors (Lipinski definition) is 1. The Hall–Kier alpha value is -1.62. The lowest BCUT2D eigenvalue weighted by Gasteiger charge is -2.23. The van der Waals surface area contributed by atoms with Gasteiger partial charge >= 0.3 is 5.97 Å². The number of anilines is 1. The van der Waals surface area contributed by atoms with Crippen LogP contribution in [0.2, 0.25) is 0 Å². The molecule has 0 heterocycles. The van der Waals surface area contributed by atoms with Gasteiger partial charge in [0, 0.05) is 25.7 Å². The van der Waals surface area contributed by atoms with Gasteiger partial charge in [0.2, 0.25) is 0 Å². The predicted octanol–water partition coefficient (Wildman–Crippen LogP) is 1.88. The molecule has 0 aliphatic heterocycles. The molecule has 0 aliphatic rings. The summed E-state index contributed by atoms with van der Waals surface area (Å²) in [5.74, 6) is -0.581. The number of halogens is 1. The molecule has 0 fully saturated rings. The summed E-state index contributed by atoms with van der Waals surface area (Å²) in [5, 5.41) is 9.83. The Morgan fingerprint density at radius 2 is 2.21 bits per heavy atom. The van der Waals surface area contributed by atoms with Crippen molar-refractivity contribution in [3.63, 3.8) is 0 Å². The van der Waals surface area contributed by atoms with Crippen LogP contribution in [-0.4, -0.2) is 37.9 Å². The number of likely N-dealkylation sites (N-methyl/N-ethyl adjacent to an activating group) is 1. The smallest absolute Gasteiger partial charge is 0.305 e. The van der Waals surface area contributed by atoms with Crippen LogP contribution < -0.4 is 4.90 Å². The van der Waals surface area contributed by atoms with Crippen LogP contribution in [0.4, 0.5) is 10.1 Å². The van der Waals surface area contributed by atoms with Crippen molar-refractivity contribution >= 4 is 11.7 Å². The number of rotatable bonds is 6. The molecule has 0 aromatic heterocycles. The number of carbonyl (C=O) groups is 1. The van der Waals surface area contributed by atoms with E-state index in [4.69, 9.17) is 0 Å². The highest BCUT2D eigenvalue weighted by atomic mass is 19.1. The third kappa shape index (κ3) is 4.87. The number of ether oxygens (including phenoxy) is 1. The molecule has 19 heavy (non-hydrogen) atoms. The lowest BCUT2D eigenvalue weighted by molar-refractivity contribution is -0.141. The summed E-state index contributed by atoms with van der Waals surface area (Å²) in [6, 6.07) is 4.79. The van der Waals surface area contributed by atoms with Gasteiger partial charge in [-0.05, 0) is 37.1 Å². The van der Waals surface area contributed by atoms with Crippen molar-refractivity contribution in [2.45, 2.75) is 25.9 Å². The zero-order valence-electron chi connectivity index (χ0n) is 11.5. The Balaban J connectivity index is 2.51. The van der Waals surface area contributed by atoms with Gasteiger partial charge in [0.15, 0.2) is 0 Å². The first kappa shape index (κ1) is 15.4. The summed E-state index contributed by atoms with van der Waals surface area (Å²) >= 11 is 0. The number of methoxy groups -OCH3 is 1. The van der Waals surface area contributed by atoms with E-state index in [1.807, 2.05) is 11.9 Å². The number of carbonyl (C=O) groups excluding carboxylic acids is 1. The molecule has 1 rings (SSSR count). The first-order valence-corrected chi connectivity index (χ1v) is 6.16. The first-order chi connectivity index (χ1) is 8.93. The Labute approximate surface area is 112 Å². The molecule has 0 saturated carbocycles. The number of nitrogens with zero attached hydrogens (tertiary/aromatic N) is 1. The standard InChI is InChI=1S/C14H20FNO3/c1-10-8-11(4-6-13(10)15)16(2)9-12(17)5-7-14(18)19-3/h4,6,8,12,17H,5,7,9H2,1-3H3. The van der Waals surface area contributed by atoms with E-state index in [0.717, 1.165) is 5.69 Å². The lowest BCUT2D eigenvalue weighted by Crippen LogP contribution is -2.29. The minimum absolute atomic E-state index is 0.188. The third-order valence-corrected chi connectivity index (χ3v) is 2.98. The summed E-state index contributed by atoms with van der Waals surface area (Å²) in [4.78, 5) is 12.8. The number of aryl methyl sites for hydroxylation is 1. The Morgan fingerprint density at radius 3 is 2.79 bits per heavy atom. The molecule has 106 valence electrons. The number of esters is 1. The topological polar surface area (TPSA) is 49.8 Å². The summed E-state index contributed by atoms with van der Waals surface area (Å²) in [5.41, 5.74) is 1.39. The first-order valence-electron chi connectivity index (χ1n) is 6.16. The minimum Gasteiger partial charge on any atom is -0.469 e. The normalized spacial score (nSPS) is 12.1. The number of hydrogen-bond acceptors (Lipinski definition) is 4. The Kier molecular flexibility index (Phi) is 5.76. The second kappa shape index (κ2) is 7.09. The van der Waals surface area contributed by atoms with Crippen molar-refractivity contribution in [2.75, 3.05) is 25.6 Å². The van der Waals surface area contributed by atoms with E-state index >= 15 is 0 Å². The SMILES string of the molecule is COC(=O)CCC(O)CN(C)c1ccc(F)c(C)c1. The van der Waals surface area contributed by atoms with Gasteiger partial charge in [-0.15, -0.1) is 0 Å². The van der Waals surface area contributed by atoms with Gasteiger partial charge < -0.3 is 14.7 Å². The summed E-state index contributed by atoms with van der Waals surface area (Å²) in [6.45, 7) is 2.07. The highest BCUT2D eigenvalue weighted by Gasteiger charge is 2.12. The molecular weight excluding hydrogens is 249 g/mol. The van der Waals surface area contributed by atoms with Crippen molar-refractivity contribution in [2.24, 2.45) is 0 Å². The van der Waals surface area contributed by atoms with Crippen molar-refractivity contribution < 1.29 is 19.0 Å². The molecule has 4 nitrogen and oxygen atoms in total. The maximum Gasteiger partial charge on any atom is 0.305 e. The van der Waals surface area contributed by atoms with Gasteiger partial charge in [0.05, 0.1) is 13.2 Å². The van der Waals surface area contributed by atoms with E-state index in [9.17, 15) is 14.3 Å². The number of benzene rings is 1. The second-order valence-electron chi connectivity index (χ2n) is 4.58. The van der Waals surface area contributed by atoms with Crippen LogP contribution in [0.25, 0.3) is 0 Å². The van der Waals surface area contributed by atoms with Crippen LogP contribution in [0.15, 0.2) is 18.2 Å². The van der Waals surface area contributed by atoms with E-state index in [2.05, 4.69) is 4.74 Å². The summed E-state index contributed by atoms with van der Waals surface area (Å²) < 4.78 is 17.7. The Bertz CT molecular complexity index is 437. The van der Waals surface area contributed by atoms with Crippen LogP contribution in [0.3, 0.4) is 0 Å². The van der Waals surface area contributed by atoms with Gasteiger partial charge in [0.1, 0.15) is 5.82 Å². The highest BCUT2D eigenvalue weighted by molar-refractivity contribution is 5.69. The van der Waals surface area contributed by atoms with E-state index in [0.29, 0.717) is 18.5 Å². The van der Waals surface area contributed by atoms with Crippen molar-refractivity contribution in [3.8, 4) is 0 Å². The average molecular weight is 269 g/mol. The quantitative estimate of drug-likeness (QED) is 0.801.